The topological polar surface area (TPSA) is 76.1 Å². The van der Waals surface area contributed by atoms with Crippen molar-refractivity contribution in [1.82, 2.24) is 4.98 Å². The second-order valence-electron chi connectivity index (χ2n) is 9.23. The Kier molecular flexibility index (Phi) is 9.13. The molecule has 1 aliphatic heterocycles. The molecule has 5 rings (SSSR count). The zero-order chi connectivity index (χ0) is 26.9. The second-order valence-corrected chi connectivity index (χ2v) is 10.1. The van der Waals surface area contributed by atoms with Gasteiger partial charge in [-0.2, -0.15) is 0 Å². The van der Waals surface area contributed by atoms with Gasteiger partial charge in [0, 0.05) is 18.5 Å². The lowest BCUT2D eigenvalue weighted by Gasteiger charge is -2.32. The Bertz CT molecular complexity index is 1290. The molecule has 1 aromatic heterocycles. The molecule has 0 bridgehead atoms. The van der Waals surface area contributed by atoms with Crippen LogP contribution in [-0.4, -0.2) is 35.9 Å². The first kappa shape index (κ1) is 27.2. The molecule has 7 nitrogen and oxygen atoms in total. The Morgan fingerprint density at radius 3 is 1.95 bits per heavy atom. The molecule has 0 saturated carbocycles. The van der Waals surface area contributed by atoms with Gasteiger partial charge in [0.1, 0.15) is 12.2 Å². The van der Waals surface area contributed by atoms with Crippen LogP contribution in [0, 0.1) is 0 Å². The van der Waals surface area contributed by atoms with Crippen LogP contribution in [0.4, 0.5) is 0 Å². The number of carbonyl (C=O) groups excluding carboxylic acids is 1. The minimum absolute atomic E-state index is 0.202. The molecule has 2 heterocycles. The summed E-state index contributed by atoms with van der Waals surface area (Å²) in [5, 5.41) is 2.30. The summed E-state index contributed by atoms with van der Waals surface area (Å²) in [6.45, 7) is 2.55. The minimum Gasteiger partial charge on any atom is -0.423 e. The van der Waals surface area contributed by atoms with Crippen LogP contribution in [0.25, 0.3) is 0 Å². The maximum absolute atomic E-state index is 12.5. The summed E-state index contributed by atoms with van der Waals surface area (Å²) in [5.74, 6) is -2.09. The Morgan fingerprint density at radius 2 is 1.41 bits per heavy atom. The lowest BCUT2D eigenvalue weighted by atomic mass is 10.0. The number of benzene rings is 3. The number of ether oxygens (including phenoxy) is 5. The number of thiazole rings is 1. The molecule has 0 radical (unpaired) electrons. The largest absolute Gasteiger partial charge is 0.423 e. The van der Waals surface area contributed by atoms with Crippen LogP contribution >= 0.6 is 11.3 Å². The van der Waals surface area contributed by atoms with Gasteiger partial charge in [0.05, 0.1) is 26.4 Å². The van der Waals surface area contributed by atoms with Gasteiger partial charge in [0.15, 0.2) is 11.1 Å². The molecule has 0 amide bonds. The standard InChI is InChI=1S/C31H31NO6S/c1-23(33)37-31(30-32-17-18-39-30)29(36-21-26-15-9-4-10-16-26)28(35-20-25-13-7-3-8-14-25)27(38-31)22-34-19-24-11-5-2-6-12-24/h2-18,27-29H,19-22H2,1H3/t27-,28-,29+,31?/m1/s1. The minimum atomic E-state index is -1.59. The van der Waals surface area contributed by atoms with E-state index in [0.29, 0.717) is 18.2 Å². The zero-order valence-electron chi connectivity index (χ0n) is 21.7. The lowest BCUT2D eigenvalue weighted by molar-refractivity contribution is -0.267. The van der Waals surface area contributed by atoms with Crippen LogP contribution in [0.3, 0.4) is 0 Å². The van der Waals surface area contributed by atoms with Gasteiger partial charge in [-0.15, -0.1) is 11.3 Å². The van der Waals surface area contributed by atoms with E-state index in [2.05, 4.69) is 4.98 Å². The van der Waals surface area contributed by atoms with Crippen molar-refractivity contribution in [3.63, 3.8) is 0 Å². The summed E-state index contributed by atoms with van der Waals surface area (Å²) >= 11 is 1.34. The van der Waals surface area contributed by atoms with Gasteiger partial charge in [0.25, 0.3) is 5.79 Å². The maximum atomic E-state index is 12.5. The van der Waals surface area contributed by atoms with Gasteiger partial charge in [0.2, 0.25) is 0 Å². The number of hydrogen-bond acceptors (Lipinski definition) is 8. The van der Waals surface area contributed by atoms with E-state index >= 15 is 0 Å². The zero-order valence-corrected chi connectivity index (χ0v) is 22.5. The molecule has 1 aliphatic rings. The molecular formula is C31H31NO6S. The third-order valence-electron chi connectivity index (χ3n) is 6.34. The number of esters is 1. The summed E-state index contributed by atoms with van der Waals surface area (Å²) < 4.78 is 31.6. The third kappa shape index (κ3) is 6.79. The smallest absolute Gasteiger partial charge is 0.305 e. The first-order valence-electron chi connectivity index (χ1n) is 12.8. The van der Waals surface area contributed by atoms with Crippen molar-refractivity contribution in [1.29, 1.82) is 0 Å². The van der Waals surface area contributed by atoms with E-state index in [4.69, 9.17) is 23.7 Å². The van der Waals surface area contributed by atoms with Crippen molar-refractivity contribution in [2.24, 2.45) is 0 Å². The van der Waals surface area contributed by atoms with E-state index in [9.17, 15) is 4.79 Å². The molecule has 39 heavy (non-hydrogen) atoms. The maximum Gasteiger partial charge on any atom is 0.305 e. The average molecular weight is 546 g/mol. The summed E-state index contributed by atoms with van der Waals surface area (Å²) in [6.07, 6.45) is -0.363. The molecule has 4 atom stereocenters. The van der Waals surface area contributed by atoms with Gasteiger partial charge in [-0.05, 0) is 16.7 Å². The fraction of sp³-hybridized carbons (Fsp3) is 0.290. The summed E-state index contributed by atoms with van der Waals surface area (Å²) in [5.41, 5.74) is 3.02. The molecule has 1 fully saturated rings. The fourth-order valence-electron chi connectivity index (χ4n) is 4.60. The van der Waals surface area contributed by atoms with E-state index in [1.807, 2.05) is 96.4 Å². The van der Waals surface area contributed by atoms with Crippen molar-refractivity contribution < 1.29 is 28.5 Å². The van der Waals surface area contributed by atoms with Crippen LogP contribution in [0.5, 0.6) is 0 Å². The quantitative estimate of drug-likeness (QED) is 0.213. The molecule has 1 saturated heterocycles. The summed E-state index contributed by atoms with van der Waals surface area (Å²) in [4.78, 5) is 16.9. The number of aromatic nitrogens is 1. The van der Waals surface area contributed by atoms with Crippen LogP contribution in [0.15, 0.2) is 103 Å². The van der Waals surface area contributed by atoms with Gasteiger partial charge in [-0.1, -0.05) is 91.0 Å². The number of carbonyl (C=O) groups is 1. The summed E-state index contributed by atoms with van der Waals surface area (Å²) in [7, 11) is 0. The highest BCUT2D eigenvalue weighted by atomic mass is 32.1. The van der Waals surface area contributed by atoms with Gasteiger partial charge < -0.3 is 23.7 Å². The van der Waals surface area contributed by atoms with E-state index in [1.54, 1.807) is 6.20 Å². The van der Waals surface area contributed by atoms with E-state index in [0.717, 1.165) is 16.7 Å². The van der Waals surface area contributed by atoms with E-state index in [1.165, 1.54) is 18.3 Å². The third-order valence-corrected chi connectivity index (χ3v) is 7.21. The molecule has 3 aromatic carbocycles. The molecular weight excluding hydrogens is 514 g/mol. The highest BCUT2D eigenvalue weighted by Crippen LogP contribution is 2.45. The van der Waals surface area contributed by atoms with Crippen LogP contribution in [-0.2, 0) is 54.1 Å². The van der Waals surface area contributed by atoms with Crippen molar-refractivity contribution in [3.05, 3.63) is 124 Å². The number of hydrogen-bond donors (Lipinski definition) is 0. The van der Waals surface area contributed by atoms with Crippen LogP contribution in [0.2, 0.25) is 0 Å². The molecule has 4 aromatic rings. The SMILES string of the molecule is CC(=O)OC1(c2nccs2)O[C@H](COCc2ccccc2)[C@@H](OCc2ccccc2)[C@@H]1OCc1ccccc1. The van der Waals surface area contributed by atoms with E-state index < -0.39 is 30.1 Å². The first-order valence-corrected chi connectivity index (χ1v) is 13.7. The average Bonchev–Trinajstić information content (AvgIpc) is 3.60. The Morgan fingerprint density at radius 1 is 0.846 bits per heavy atom. The molecule has 0 N–H and O–H groups in total. The highest BCUT2D eigenvalue weighted by Gasteiger charge is 2.62. The van der Waals surface area contributed by atoms with Gasteiger partial charge in [-0.25, -0.2) is 4.98 Å². The summed E-state index contributed by atoms with van der Waals surface area (Å²) in [6, 6.07) is 29.6. The number of rotatable bonds is 12. The van der Waals surface area contributed by atoms with Crippen LogP contribution < -0.4 is 0 Å². The molecule has 0 aliphatic carbocycles. The van der Waals surface area contributed by atoms with Crippen LogP contribution in [0.1, 0.15) is 28.6 Å². The van der Waals surface area contributed by atoms with Crippen molar-refractivity contribution in [3.8, 4) is 0 Å². The van der Waals surface area contributed by atoms with Crippen molar-refractivity contribution in [2.75, 3.05) is 6.61 Å². The molecule has 1 unspecified atom stereocenters. The normalized spacial score (nSPS) is 22.5. The van der Waals surface area contributed by atoms with E-state index in [-0.39, 0.29) is 13.2 Å². The lowest BCUT2D eigenvalue weighted by Crippen LogP contribution is -2.46. The fourth-order valence-corrected chi connectivity index (χ4v) is 5.34. The Labute approximate surface area is 232 Å². The van der Waals surface area contributed by atoms with Gasteiger partial charge in [-0.3, -0.25) is 4.79 Å². The first-order chi connectivity index (χ1) is 19.1. The van der Waals surface area contributed by atoms with Gasteiger partial charge >= 0.3 is 5.97 Å². The Balaban J connectivity index is 1.45. The Hall–Kier alpha value is -3.40. The monoisotopic (exact) mass is 545 g/mol. The predicted octanol–water partition coefficient (Wildman–Crippen LogP) is 5.65. The molecule has 202 valence electrons. The van der Waals surface area contributed by atoms with Crippen molar-refractivity contribution in [2.45, 2.75) is 50.8 Å². The second kappa shape index (κ2) is 13.1. The number of nitrogens with zero attached hydrogens (tertiary/aromatic N) is 1. The highest BCUT2D eigenvalue weighted by molar-refractivity contribution is 7.09. The molecule has 8 heteroatoms. The predicted molar refractivity (Wildman–Crippen MR) is 147 cm³/mol. The molecule has 0 spiro atoms. The van der Waals surface area contributed by atoms with Crippen molar-refractivity contribution >= 4 is 17.3 Å².